The maximum atomic E-state index is 12.9. The average molecular weight is 1010 g/mol. The number of rotatable bonds is 48. The van der Waals surface area contributed by atoms with E-state index >= 15 is 0 Å². The van der Waals surface area contributed by atoms with Gasteiger partial charge < -0.3 is 39.9 Å². The second-order valence-corrected chi connectivity index (χ2v) is 20.8. The van der Waals surface area contributed by atoms with Crippen LogP contribution in [0.2, 0.25) is 0 Å². The van der Waals surface area contributed by atoms with Gasteiger partial charge >= 0.3 is 13.8 Å². The summed E-state index contributed by atoms with van der Waals surface area (Å²) in [6.07, 6.45) is 48.5. The molecule has 1 rings (SSSR count). The third-order valence-electron chi connectivity index (χ3n) is 12.9. The molecule has 0 aliphatic heterocycles. The lowest BCUT2D eigenvalue weighted by molar-refractivity contribution is -0.220. The minimum atomic E-state index is -5.03. The average Bonchev–Trinajstić information content (AvgIpc) is 3.35. The molecule has 1 aliphatic rings. The van der Waals surface area contributed by atoms with E-state index in [9.17, 15) is 39.8 Å². The molecule has 0 aromatic carbocycles. The molecular formula is C57H103O12P. The van der Waals surface area contributed by atoms with E-state index in [4.69, 9.17) is 18.5 Å². The highest BCUT2D eigenvalue weighted by atomic mass is 31.2. The molecule has 6 atom stereocenters. The fourth-order valence-corrected chi connectivity index (χ4v) is 9.37. The molecule has 0 heterocycles. The first-order valence-corrected chi connectivity index (χ1v) is 29.6. The smallest absolute Gasteiger partial charge is 0.457 e. The van der Waals surface area contributed by atoms with E-state index in [1.807, 2.05) is 0 Å². The molecule has 0 amide bonds. The molecule has 0 saturated heterocycles. The normalized spacial score (nSPS) is 21.3. The van der Waals surface area contributed by atoms with E-state index in [0.29, 0.717) is 13.0 Å². The molecule has 1 saturated carbocycles. The number of phosphoric acid groups is 1. The summed E-state index contributed by atoms with van der Waals surface area (Å²) in [7, 11) is -5.03. The fraction of sp³-hybridized carbons (Fsp3) is 0.807. The molecule has 70 heavy (non-hydrogen) atoms. The van der Waals surface area contributed by atoms with Crippen LogP contribution in [-0.4, -0.2) is 98.9 Å². The highest BCUT2D eigenvalue weighted by Gasteiger charge is 2.51. The van der Waals surface area contributed by atoms with Crippen molar-refractivity contribution in [3.05, 3.63) is 60.8 Å². The van der Waals surface area contributed by atoms with Gasteiger partial charge in [0.2, 0.25) is 0 Å². The van der Waals surface area contributed by atoms with Crippen LogP contribution in [0.25, 0.3) is 0 Å². The molecule has 0 radical (unpaired) electrons. The molecule has 6 N–H and O–H groups in total. The van der Waals surface area contributed by atoms with Gasteiger partial charge in [0.1, 0.15) is 42.7 Å². The molecule has 12 nitrogen and oxygen atoms in total. The van der Waals surface area contributed by atoms with Gasteiger partial charge in [-0.3, -0.25) is 13.8 Å². The van der Waals surface area contributed by atoms with E-state index in [-0.39, 0.29) is 13.0 Å². The van der Waals surface area contributed by atoms with Crippen molar-refractivity contribution < 1.29 is 58.3 Å². The summed E-state index contributed by atoms with van der Waals surface area (Å²) in [5, 5.41) is 50.4. The summed E-state index contributed by atoms with van der Waals surface area (Å²) in [6.45, 7) is 4.23. The second-order valence-electron chi connectivity index (χ2n) is 19.4. The van der Waals surface area contributed by atoms with Crippen LogP contribution < -0.4 is 0 Å². The lowest BCUT2D eigenvalue weighted by Gasteiger charge is -2.41. The lowest BCUT2D eigenvalue weighted by Crippen LogP contribution is -2.64. The Morgan fingerprint density at radius 1 is 0.457 bits per heavy atom. The molecule has 0 bridgehead atoms. The van der Waals surface area contributed by atoms with Crippen LogP contribution in [0, 0.1) is 0 Å². The monoisotopic (exact) mass is 1010 g/mol. The van der Waals surface area contributed by atoms with Gasteiger partial charge in [-0.1, -0.05) is 203 Å². The number of carbonyl (C=O) groups excluding carboxylic acids is 1. The van der Waals surface area contributed by atoms with Crippen molar-refractivity contribution in [1.82, 2.24) is 0 Å². The maximum Gasteiger partial charge on any atom is 0.472 e. The predicted octanol–water partition coefficient (Wildman–Crippen LogP) is 13.3. The molecule has 0 spiro atoms. The molecule has 1 aliphatic carbocycles. The summed E-state index contributed by atoms with van der Waals surface area (Å²) in [6, 6.07) is 0. The minimum absolute atomic E-state index is 0.0844. The fourth-order valence-electron chi connectivity index (χ4n) is 8.39. The standard InChI is InChI=1S/C57H103O12P/c1-3-5-7-9-11-13-15-17-19-21-23-24-25-26-27-29-31-33-35-37-39-41-43-45-47-66-48-50(49-67-70(64,65)69-57-55(62)53(60)52(59)54(61)56(57)63)68-51(58)46-44-42-40-38-36-34-32-30-28-22-20-18-16-14-12-10-8-6-4-2/h12,14-15,17-18,20-21,23,28,30,50,52-57,59-63H,3-11,13,16,19,22,24-27,29,31-49H2,1-2H3,(H,64,65)/b14-12-,17-15-,20-18-,23-21-,30-28-. The molecule has 0 aromatic heterocycles. The Kier molecular flexibility index (Phi) is 44.2. The van der Waals surface area contributed by atoms with Crippen molar-refractivity contribution in [2.45, 2.75) is 275 Å². The minimum Gasteiger partial charge on any atom is -0.457 e. The van der Waals surface area contributed by atoms with Crippen LogP contribution in [-0.2, 0) is 27.9 Å². The molecular weight excluding hydrogens is 908 g/mol. The number of carbonyl (C=O) groups is 1. The Bertz CT molecular complexity index is 1380. The number of aliphatic hydroxyl groups excluding tert-OH is 5. The Labute approximate surface area is 426 Å². The summed E-state index contributed by atoms with van der Waals surface area (Å²) >= 11 is 0. The van der Waals surface area contributed by atoms with Crippen molar-refractivity contribution in [1.29, 1.82) is 0 Å². The largest absolute Gasteiger partial charge is 0.472 e. The number of aliphatic hydroxyl groups is 5. The number of hydrogen-bond donors (Lipinski definition) is 6. The van der Waals surface area contributed by atoms with Gasteiger partial charge in [0.15, 0.2) is 0 Å². The number of allylic oxidation sites excluding steroid dienone is 10. The molecule has 6 unspecified atom stereocenters. The van der Waals surface area contributed by atoms with E-state index in [0.717, 1.165) is 77.0 Å². The van der Waals surface area contributed by atoms with E-state index in [2.05, 4.69) is 74.6 Å². The van der Waals surface area contributed by atoms with E-state index < -0.39 is 63.1 Å². The van der Waals surface area contributed by atoms with Crippen molar-refractivity contribution in [2.24, 2.45) is 0 Å². The van der Waals surface area contributed by atoms with Crippen LogP contribution >= 0.6 is 7.82 Å². The van der Waals surface area contributed by atoms with Gasteiger partial charge in [0.25, 0.3) is 0 Å². The van der Waals surface area contributed by atoms with Crippen molar-refractivity contribution in [3.8, 4) is 0 Å². The van der Waals surface area contributed by atoms with Crippen LogP contribution in [0.15, 0.2) is 60.8 Å². The Balaban J connectivity index is 2.30. The van der Waals surface area contributed by atoms with Gasteiger partial charge in [0.05, 0.1) is 13.2 Å². The zero-order valence-corrected chi connectivity index (χ0v) is 45.0. The van der Waals surface area contributed by atoms with Crippen molar-refractivity contribution in [3.63, 3.8) is 0 Å². The summed E-state index contributed by atoms with van der Waals surface area (Å²) < 4.78 is 34.4. The van der Waals surface area contributed by atoms with Crippen molar-refractivity contribution >= 4 is 13.8 Å². The molecule has 408 valence electrons. The SMILES string of the molecule is CCCCC/C=C\C/C=C\C/C=C\CCCCCCCCC(=O)OC(COCCCCCCCCCCCCCC/C=C\C/C=C\CCCCCCC)COP(=O)(O)OC1C(O)C(O)C(O)C(O)C1O. The topological polar surface area (TPSA) is 192 Å². The van der Waals surface area contributed by atoms with Gasteiger partial charge in [-0.2, -0.15) is 0 Å². The number of esters is 1. The van der Waals surface area contributed by atoms with Crippen LogP contribution in [0.1, 0.15) is 232 Å². The first kappa shape index (κ1) is 66.1. The highest BCUT2D eigenvalue weighted by Crippen LogP contribution is 2.47. The third kappa shape index (κ3) is 37.7. The number of ether oxygens (including phenoxy) is 2. The third-order valence-corrected chi connectivity index (χ3v) is 13.8. The van der Waals surface area contributed by atoms with Gasteiger partial charge in [-0.15, -0.1) is 0 Å². The van der Waals surface area contributed by atoms with Gasteiger partial charge in [-0.05, 0) is 83.5 Å². The number of unbranched alkanes of at least 4 members (excludes halogenated alkanes) is 26. The Hall–Kier alpha value is -1.96. The van der Waals surface area contributed by atoms with Crippen molar-refractivity contribution in [2.75, 3.05) is 19.8 Å². The molecule has 1 fully saturated rings. The summed E-state index contributed by atoms with van der Waals surface area (Å²) in [5.41, 5.74) is 0. The zero-order chi connectivity index (χ0) is 51.2. The van der Waals surface area contributed by atoms with Crippen LogP contribution in [0.5, 0.6) is 0 Å². The highest BCUT2D eigenvalue weighted by molar-refractivity contribution is 7.47. The van der Waals surface area contributed by atoms with E-state index in [1.165, 1.54) is 128 Å². The van der Waals surface area contributed by atoms with Crippen LogP contribution in [0.3, 0.4) is 0 Å². The van der Waals surface area contributed by atoms with Crippen LogP contribution in [0.4, 0.5) is 0 Å². The Morgan fingerprint density at radius 3 is 1.24 bits per heavy atom. The molecule has 0 aromatic rings. The summed E-state index contributed by atoms with van der Waals surface area (Å²) in [5.74, 6) is -0.489. The second kappa shape index (κ2) is 46.8. The van der Waals surface area contributed by atoms with Gasteiger partial charge in [-0.25, -0.2) is 4.57 Å². The van der Waals surface area contributed by atoms with E-state index in [1.54, 1.807) is 0 Å². The number of hydrogen-bond acceptors (Lipinski definition) is 11. The quantitative estimate of drug-likeness (QED) is 0.0146. The first-order valence-electron chi connectivity index (χ1n) is 28.1. The zero-order valence-electron chi connectivity index (χ0n) is 44.1. The molecule has 13 heteroatoms. The lowest BCUT2D eigenvalue weighted by atomic mass is 9.85. The maximum absolute atomic E-state index is 12.9. The number of phosphoric ester groups is 1. The Morgan fingerprint density at radius 2 is 0.800 bits per heavy atom. The first-order chi connectivity index (χ1) is 34.0. The predicted molar refractivity (Wildman–Crippen MR) is 285 cm³/mol. The summed E-state index contributed by atoms with van der Waals surface area (Å²) in [4.78, 5) is 23.3. The van der Waals surface area contributed by atoms with Gasteiger partial charge in [0, 0.05) is 13.0 Å².